The fourth-order valence-electron chi connectivity index (χ4n) is 2.69. The molecule has 2 rings (SSSR count). The van der Waals surface area contributed by atoms with Crippen molar-refractivity contribution in [3.05, 3.63) is 47.2 Å². The highest BCUT2D eigenvalue weighted by Crippen LogP contribution is 2.34. The van der Waals surface area contributed by atoms with E-state index in [4.69, 9.17) is 22.7 Å². The predicted molar refractivity (Wildman–Crippen MR) is 94.8 cm³/mol. The lowest BCUT2D eigenvalue weighted by Crippen LogP contribution is -2.49. The zero-order valence-electron chi connectivity index (χ0n) is 13.7. The zero-order valence-corrected chi connectivity index (χ0v) is 14.6. The number of rotatable bonds is 6. The number of primary amides is 1. The second kappa shape index (κ2) is 7.92. The minimum absolute atomic E-state index is 0.139. The maximum absolute atomic E-state index is 12.5. The first kappa shape index (κ1) is 17.9. The highest BCUT2D eigenvalue weighted by molar-refractivity contribution is 7.80. The molecule has 1 aliphatic heterocycles. The number of nitrogens with two attached hydrogens (primary N) is 1. The Kier molecular flexibility index (Phi) is 5.92. The molecule has 1 atom stereocenters. The molecule has 1 amide bonds. The largest absolute Gasteiger partial charge is 0.463 e. The fourth-order valence-corrected chi connectivity index (χ4v) is 3.04. The van der Waals surface area contributed by atoms with E-state index < -0.39 is 17.9 Å². The van der Waals surface area contributed by atoms with Crippen LogP contribution in [0.3, 0.4) is 0 Å². The van der Waals surface area contributed by atoms with Gasteiger partial charge in [-0.15, -0.1) is 0 Å². The number of hydrogen-bond donors (Lipinski definition) is 2. The fraction of sp³-hybridized carbons (Fsp3) is 0.353. The van der Waals surface area contributed by atoms with Crippen LogP contribution in [0.1, 0.15) is 31.9 Å². The first-order chi connectivity index (χ1) is 11.5. The van der Waals surface area contributed by atoms with E-state index in [0.29, 0.717) is 22.9 Å². The van der Waals surface area contributed by atoms with E-state index in [1.165, 1.54) is 0 Å². The van der Waals surface area contributed by atoms with Gasteiger partial charge in [-0.2, -0.15) is 0 Å². The normalized spacial score (nSPS) is 17.5. The highest BCUT2D eigenvalue weighted by atomic mass is 32.1. The topological polar surface area (TPSA) is 84.7 Å². The van der Waals surface area contributed by atoms with Crippen LogP contribution < -0.4 is 11.1 Å². The summed E-state index contributed by atoms with van der Waals surface area (Å²) >= 11 is 5.41. The Morgan fingerprint density at radius 2 is 2.00 bits per heavy atom. The lowest BCUT2D eigenvalue weighted by atomic mass is 9.94. The lowest BCUT2D eigenvalue weighted by molar-refractivity contribution is -0.139. The summed E-state index contributed by atoms with van der Waals surface area (Å²) in [5.41, 5.74) is 7.31. The molecule has 6 nitrogen and oxygen atoms in total. The number of allylic oxidation sites excluding steroid dienone is 1. The van der Waals surface area contributed by atoms with E-state index in [-0.39, 0.29) is 13.0 Å². The van der Waals surface area contributed by atoms with Crippen molar-refractivity contribution in [1.29, 1.82) is 0 Å². The standard InChI is InChI=1S/C17H21N3O3S/c1-3-23-16(22)14-11(2)19-17(24)20(10-9-13(18)21)15(14)12-7-5-4-6-8-12/h4-8,15H,3,9-10H2,1-2H3,(H2,18,21)(H,19,24). The number of thiocarbonyl (C=S) groups is 1. The second-order valence-corrected chi connectivity index (χ2v) is 5.80. The average Bonchev–Trinajstić information content (AvgIpc) is 2.54. The third kappa shape index (κ3) is 3.91. The van der Waals surface area contributed by atoms with Crippen LogP contribution in [0.5, 0.6) is 0 Å². The first-order valence-electron chi connectivity index (χ1n) is 7.74. The summed E-state index contributed by atoms with van der Waals surface area (Å²) in [6.45, 7) is 4.15. The van der Waals surface area contributed by atoms with Gasteiger partial charge in [0.25, 0.3) is 0 Å². The molecule has 0 aliphatic carbocycles. The van der Waals surface area contributed by atoms with E-state index in [0.717, 1.165) is 5.56 Å². The van der Waals surface area contributed by atoms with Gasteiger partial charge in [-0.3, -0.25) is 4.79 Å². The summed E-state index contributed by atoms with van der Waals surface area (Å²) in [4.78, 5) is 25.5. The third-order valence-corrected chi connectivity index (χ3v) is 4.09. The van der Waals surface area contributed by atoms with Crippen LogP contribution in [0.25, 0.3) is 0 Å². The Morgan fingerprint density at radius 1 is 1.33 bits per heavy atom. The maximum atomic E-state index is 12.5. The summed E-state index contributed by atoms with van der Waals surface area (Å²) < 4.78 is 5.21. The van der Waals surface area contributed by atoms with E-state index >= 15 is 0 Å². The van der Waals surface area contributed by atoms with Crippen molar-refractivity contribution in [3.8, 4) is 0 Å². The molecule has 3 N–H and O–H groups in total. The van der Waals surface area contributed by atoms with Crippen LogP contribution in [0.2, 0.25) is 0 Å². The van der Waals surface area contributed by atoms with Crippen LogP contribution >= 0.6 is 12.2 Å². The Labute approximate surface area is 146 Å². The minimum atomic E-state index is -0.423. The zero-order chi connectivity index (χ0) is 17.7. The molecule has 0 fully saturated rings. The van der Waals surface area contributed by atoms with Crippen LogP contribution in [0.4, 0.5) is 0 Å². The van der Waals surface area contributed by atoms with Crippen molar-refractivity contribution in [1.82, 2.24) is 10.2 Å². The van der Waals surface area contributed by atoms with E-state index in [2.05, 4.69) is 5.32 Å². The first-order valence-corrected chi connectivity index (χ1v) is 8.15. The van der Waals surface area contributed by atoms with Gasteiger partial charge in [0.15, 0.2) is 5.11 Å². The molecule has 24 heavy (non-hydrogen) atoms. The summed E-state index contributed by atoms with van der Waals surface area (Å²) in [6.07, 6.45) is 0.139. The molecular weight excluding hydrogens is 326 g/mol. The Hall–Kier alpha value is -2.41. The van der Waals surface area contributed by atoms with E-state index in [1.807, 2.05) is 30.3 Å². The smallest absolute Gasteiger partial charge is 0.338 e. The summed E-state index contributed by atoms with van der Waals surface area (Å²) in [6, 6.07) is 9.11. The van der Waals surface area contributed by atoms with Gasteiger partial charge in [0.2, 0.25) is 5.91 Å². The summed E-state index contributed by atoms with van der Waals surface area (Å²) in [5.74, 6) is -0.823. The molecule has 0 saturated carbocycles. The molecule has 0 bridgehead atoms. The molecule has 0 aromatic heterocycles. The summed E-state index contributed by atoms with van der Waals surface area (Å²) in [7, 11) is 0. The van der Waals surface area contributed by atoms with Gasteiger partial charge in [0.05, 0.1) is 18.2 Å². The highest BCUT2D eigenvalue weighted by Gasteiger charge is 2.36. The Bertz CT molecular complexity index is 673. The van der Waals surface area contributed by atoms with Crippen molar-refractivity contribution < 1.29 is 14.3 Å². The monoisotopic (exact) mass is 347 g/mol. The average molecular weight is 347 g/mol. The number of amides is 1. The Balaban J connectivity index is 2.49. The van der Waals surface area contributed by atoms with Crippen molar-refractivity contribution in [2.24, 2.45) is 5.73 Å². The number of ether oxygens (including phenoxy) is 1. The number of carbonyl (C=O) groups excluding carboxylic acids is 2. The molecule has 0 spiro atoms. The lowest BCUT2D eigenvalue weighted by Gasteiger charge is -2.39. The van der Waals surface area contributed by atoms with Gasteiger partial charge < -0.3 is 20.7 Å². The van der Waals surface area contributed by atoms with Gasteiger partial charge in [-0.05, 0) is 31.6 Å². The quantitative estimate of drug-likeness (QED) is 0.601. The number of nitrogens with zero attached hydrogens (tertiary/aromatic N) is 1. The number of hydrogen-bond acceptors (Lipinski definition) is 4. The third-order valence-electron chi connectivity index (χ3n) is 3.75. The molecule has 1 aromatic rings. The SMILES string of the molecule is CCOC(=O)C1=C(C)NC(=S)N(CCC(N)=O)C1c1ccccc1. The second-order valence-electron chi connectivity index (χ2n) is 5.41. The molecule has 0 radical (unpaired) electrons. The Morgan fingerprint density at radius 3 is 2.58 bits per heavy atom. The maximum Gasteiger partial charge on any atom is 0.338 e. The van der Waals surface area contributed by atoms with Gasteiger partial charge in [-0.25, -0.2) is 4.79 Å². The molecule has 7 heteroatoms. The molecule has 1 unspecified atom stereocenters. The summed E-state index contributed by atoms with van der Waals surface area (Å²) in [5, 5.41) is 3.48. The predicted octanol–water partition coefficient (Wildman–Crippen LogP) is 1.63. The van der Waals surface area contributed by atoms with E-state index in [1.54, 1.807) is 18.7 Å². The van der Waals surface area contributed by atoms with Crippen LogP contribution in [-0.2, 0) is 14.3 Å². The molecule has 1 aromatic carbocycles. The van der Waals surface area contributed by atoms with Gasteiger partial charge in [0.1, 0.15) is 0 Å². The van der Waals surface area contributed by atoms with Crippen molar-refractivity contribution in [2.75, 3.05) is 13.2 Å². The van der Waals surface area contributed by atoms with Crippen LogP contribution in [-0.4, -0.2) is 35.0 Å². The van der Waals surface area contributed by atoms with Crippen molar-refractivity contribution in [2.45, 2.75) is 26.3 Å². The van der Waals surface area contributed by atoms with Crippen LogP contribution in [0, 0.1) is 0 Å². The minimum Gasteiger partial charge on any atom is -0.463 e. The van der Waals surface area contributed by atoms with Crippen LogP contribution in [0.15, 0.2) is 41.6 Å². The number of esters is 1. The van der Waals surface area contributed by atoms with Crippen molar-refractivity contribution >= 4 is 29.2 Å². The number of benzene rings is 1. The molecule has 128 valence electrons. The molecule has 0 saturated heterocycles. The van der Waals surface area contributed by atoms with Gasteiger partial charge in [0, 0.05) is 18.7 Å². The number of nitrogens with one attached hydrogen (secondary N) is 1. The van der Waals surface area contributed by atoms with Gasteiger partial charge >= 0.3 is 5.97 Å². The van der Waals surface area contributed by atoms with Gasteiger partial charge in [-0.1, -0.05) is 30.3 Å². The molecule has 1 heterocycles. The van der Waals surface area contributed by atoms with E-state index in [9.17, 15) is 9.59 Å². The molecular formula is C17H21N3O3S. The molecule has 1 aliphatic rings. The van der Waals surface area contributed by atoms with Crippen molar-refractivity contribution in [3.63, 3.8) is 0 Å². The number of carbonyl (C=O) groups is 2.